The van der Waals surface area contributed by atoms with Crippen molar-refractivity contribution in [1.82, 2.24) is 0 Å². The lowest BCUT2D eigenvalue weighted by Crippen LogP contribution is -2.23. The first-order chi connectivity index (χ1) is 6.20. The van der Waals surface area contributed by atoms with Crippen LogP contribution < -0.4 is 5.73 Å². The zero-order valence-electron chi connectivity index (χ0n) is 8.89. The molecule has 0 heterocycles. The standard InChI is InChI=1S/C12H23N/c1-10(11-4-2-3-5-11)6-7-12(13)8-9-12/h10-11H,2-9,13H2,1H3. The third-order valence-corrected chi connectivity index (χ3v) is 4.19. The van der Waals surface area contributed by atoms with Gasteiger partial charge in [0.2, 0.25) is 0 Å². The summed E-state index contributed by atoms with van der Waals surface area (Å²) in [7, 11) is 0. The molecule has 13 heavy (non-hydrogen) atoms. The van der Waals surface area contributed by atoms with Crippen LogP contribution in [-0.4, -0.2) is 5.54 Å². The Kier molecular flexibility index (Phi) is 2.64. The fraction of sp³-hybridized carbons (Fsp3) is 1.00. The van der Waals surface area contributed by atoms with Crippen LogP contribution in [0.3, 0.4) is 0 Å². The largest absolute Gasteiger partial charge is 0.325 e. The van der Waals surface area contributed by atoms with Gasteiger partial charge in [-0.15, -0.1) is 0 Å². The van der Waals surface area contributed by atoms with Crippen molar-refractivity contribution < 1.29 is 0 Å². The van der Waals surface area contributed by atoms with Gasteiger partial charge in [0.15, 0.2) is 0 Å². The minimum atomic E-state index is 0.285. The van der Waals surface area contributed by atoms with Gasteiger partial charge < -0.3 is 5.73 Å². The van der Waals surface area contributed by atoms with Crippen molar-refractivity contribution in [3.63, 3.8) is 0 Å². The van der Waals surface area contributed by atoms with Gasteiger partial charge in [0.1, 0.15) is 0 Å². The van der Waals surface area contributed by atoms with Crippen LogP contribution in [0, 0.1) is 11.8 Å². The molecule has 0 bridgehead atoms. The average Bonchev–Trinajstić information content (AvgIpc) is 2.69. The molecule has 76 valence electrons. The number of hydrogen-bond donors (Lipinski definition) is 1. The maximum atomic E-state index is 6.09. The molecule has 2 fully saturated rings. The minimum absolute atomic E-state index is 0.285. The lowest BCUT2D eigenvalue weighted by molar-refractivity contribution is 0.325. The van der Waals surface area contributed by atoms with E-state index in [1.807, 2.05) is 0 Å². The Morgan fingerprint density at radius 3 is 2.46 bits per heavy atom. The molecule has 0 aromatic rings. The van der Waals surface area contributed by atoms with Crippen LogP contribution in [0.4, 0.5) is 0 Å². The lowest BCUT2D eigenvalue weighted by atomic mass is 9.87. The molecule has 0 saturated heterocycles. The van der Waals surface area contributed by atoms with Gasteiger partial charge in [-0.2, -0.15) is 0 Å². The van der Waals surface area contributed by atoms with Crippen molar-refractivity contribution in [3.05, 3.63) is 0 Å². The van der Waals surface area contributed by atoms with Crippen molar-refractivity contribution in [2.75, 3.05) is 0 Å². The van der Waals surface area contributed by atoms with E-state index in [1.165, 1.54) is 51.4 Å². The first-order valence-electron chi connectivity index (χ1n) is 5.98. The zero-order chi connectivity index (χ0) is 9.31. The van der Waals surface area contributed by atoms with Crippen LogP contribution in [0.2, 0.25) is 0 Å². The monoisotopic (exact) mass is 181 g/mol. The molecule has 2 N–H and O–H groups in total. The molecule has 0 aliphatic heterocycles. The van der Waals surface area contributed by atoms with E-state index in [9.17, 15) is 0 Å². The first-order valence-corrected chi connectivity index (χ1v) is 5.98. The summed E-state index contributed by atoms with van der Waals surface area (Å²) >= 11 is 0. The molecular formula is C12H23N. The van der Waals surface area contributed by atoms with Gasteiger partial charge in [-0.1, -0.05) is 32.6 Å². The fourth-order valence-electron chi connectivity index (χ4n) is 2.69. The summed E-state index contributed by atoms with van der Waals surface area (Å²) in [6.45, 7) is 2.43. The third kappa shape index (κ3) is 2.46. The van der Waals surface area contributed by atoms with Crippen molar-refractivity contribution in [3.8, 4) is 0 Å². The molecule has 1 heteroatoms. The van der Waals surface area contributed by atoms with Crippen molar-refractivity contribution in [2.45, 2.75) is 63.8 Å². The van der Waals surface area contributed by atoms with E-state index in [1.54, 1.807) is 0 Å². The van der Waals surface area contributed by atoms with Crippen molar-refractivity contribution in [2.24, 2.45) is 17.6 Å². The SMILES string of the molecule is CC(CCC1(N)CC1)C1CCCC1. The summed E-state index contributed by atoms with van der Waals surface area (Å²) < 4.78 is 0. The molecule has 0 radical (unpaired) electrons. The Hall–Kier alpha value is -0.0400. The second kappa shape index (κ2) is 3.61. The van der Waals surface area contributed by atoms with Gasteiger partial charge in [0.25, 0.3) is 0 Å². The molecular weight excluding hydrogens is 158 g/mol. The first kappa shape index (κ1) is 9.51. The second-order valence-corrected chi connectivity index (χ2v) is 5.42. The average molecular weight is 181 g/mol. The number of hydrogen-bond acceptors (Lipinski definition) is 1. The molecule has 1 unspecified atom stereocenters. The summed E-state index contributed by atoms with van der Waals surface area (Å²) in [4.78, 5) is 0. The highest BCUT2D eigenvalue weighted by atomic mass is 14.8. The van der Waals surface area contributed by atoms with Gasteiger partial charge in [-0.05, 0) is 37.5 Å². The summed E-state index contributed by atoms with van der Waals surface area (Å²) in [5, 5.41) is 0. The van der Waals surface area contributed by atoms with Gasteiger partial charge >= 0.3 is 0 Å². The van der Waals surface area contributed by atoms with Crippen LogP contribution in [0.5, 0.6) is 0 Å². The Morgan fingerprint density at radius 1 is 1.31 bits per heavy atom. The van der Waals surface area contributed by atoms with E-state index in [0.29, 0.717) is 0 Å². The van der Waals surface area contributed by atoms with Crippen LogP contribution in [0.25, 0.3) is 0 Å². The van der Waals surface area contributed by atoms with Gasteiger partial charge in [-0.25, -0.2) is 0 Å². The van der Waals surface area contributed by atoms with E-state index in [4.69, 9.17) is 5.73 Å². The van der Waals surface area contributed by atoms with E-state index < -0.39 is 0 Å². The van der Waals surface area contributed by atoms with E-state index in [0.717, 1.165) is 11.8 Å². The lowest BCUT2D eigenvalue weighted by Gasteiger charge is -2.20. The summed E-state index contributed by atoms with van der Waals surface area (Å²) in [5.74, 6) is 1.96. The fourth-order valence-corrected chi connectivity index (χ4v) is 2.69. The summed E-state index contributed by atoms with van der Waals surface area (Å²) in [6.07, 6.45) is 11.1. The highest BCUT2D eigenvalue weighted by Crippen LogP contribution is 2.40. The van der Waals surface area contributed by atoms with Crippen LogP contribution in [0.1, 0.15) is 58.3 Å². The van der Waals surface area contributed by atoms with E-state index in [2.05, 4.69) is 6.92 Å². The zero-order valence-corrected chi connectivity index (χ0v) is 8.89. The highest BCUT2D eigenvalue weighted by Gasteiger charge is 2.38. The van der Waals surface area contributed by atoms with Crippen LogP contribution in [-0.2, 0) is 0 Å². The topological polar surface area (TPSA) is 26.0 Å². The highest BCUT2D eigenvalue weighted by molar-refractivity contribution is 4.98. The molecule has 0 spiro atoms. The molecule has 2 aliphatic rings. The Labute approximate surface area is 82.1 Å². The Bertz CT molecular complexity index is 166. The quantitative estimate of drug-likeness (QED) is 0.708. The normalized spacial score (nSPS) is 29.1. The predicted molar refractivity (Wildman–Crippen MR) is 56.5 cm³/mol. The van der Waals surface area contributed by atoms with Gasteiger partial charge in [0.05, 0.1) is 0 Å². The maximum absolute atomic E-state index is 6.09. The van der Waals surface area contributed by atoms with Gasteiger partial charge in [-0.3, -0.25) is 0 Å². The van der Waals surface area contributed by atoms with Gasteiger partial charge in [0, 0.05) is 5.54 Å². The molecule has 1 atom stereocenters. The molecule has 2 rings (SSSR count). The molecule has 2 saturated carbocycles. The summed E-state index contributed by atoms with van der Waals surface area (Å²) in [5.41, 5.74) is 6.38. The van der Waals surface area contributed by atoms with Crippen molar-refractivity contribution in [1.29, 1.82) is 0 Å². The number of nitrogens with two attached hydrogens (primary N) is 1. The smallest absolute Gasteiger partial charge is 0.0155 e. The Morgan fingerprint density at radius 2 is 1.92 bits per heavy atom. The Balaban J connectivity index is 1.68. The van der Waals surface area contributed by atoms with Crippen LogP contribution >= 0.6 is 0 Å². The number of rotatable bonds is 4. The molecule has 0 aromatic carbocycles. The predicted octanol–water partition coefficient (Wildman–Crippen LogP) is 3.08. The van der Waals surface area contributed by atoms with E-state index in [-0.39, 0.29) is 5.54 Å². The second-order valence-electron chi connectivity index (χ2n) is 5.42. The minimum Gasteiger partial charge on any atom is -0.325 e. The summed E-state index contributed by atoms with van der Waals surface area (Å²) in [6, 6.07) is 0. The molecule has 1 nitrogen and oxygen atoms in total. The van der Waals surface area contributed by atoms with Crippen LogP contribution in [0.15, 0.2) is 0 Å². The maximum Gasteiger partial charge on any atom is 0.0155 e. The molecule has 2 aliphatic carbocycles. The molecule has 0 amide bonds. The van der Waals surface area contributed by atoms with Crippen molar-refractivity contribution >= 4 is 0 Å². The third-order valence-electron chi connectivity index (χ3n) is 4.19. The van der Waals surface area contributed by atoms with E-state index >= 15 is 0 Å². The molecule has 0 aromatic heterocycles.